The second kappa shape index (κ2) is 6.19. The highest BCUT2D eigenvalue weighted by Gasteiger charge is 2.10. The summed E-state index contributed by atoms with van der Waals surface area (Å²) >= 11 is 16.3. The number of aromatic nitrogens is 1. The van der Waals surface area contributed by atoms with Crippen molar-refractivity contribution in [1.82, 2.24) is 4.98 Å². The molecule has 0 atom stereocenters. The Kier molecular flexibility index (Phi) is 4.84. The largest absolute Gasteiger partial charge is 0.302 e. The first-order valence-corrected chi connectivity index (χ1v) is 7.74. The first-order valence-electron chi connectivity index (χ1n) is 5.21. The number of benzene rings is 1. The third-order valence-corrected chi connectivity index (χ3v) is 4.20. The molecule has 0 saturated carbocycles. The van der Waals surface area contributed by atoms with Crippen molar-refractivity contribution in [3.8, 4) is 0 Å². The summed E-state index contributed by atoms with van der Waals surface area (Å²) in [5.41, 5.74) is 0.803. The molecule has 7 heteroatoms. The molecule has 1 aromatic heterocycles. The summed E-state index contributed by atoms with van der Waals surface area (Å²) in [5.74, 6) is 0.408. The smallest absolute Gasteiger partial charge is 0.226 e. The van der Waals surface area contributed by atoms with Crippen molar-refractivity contribution in [3.05, 3.63) is 21.6 Å². The summed E-state index contributed by atoms with van der Waals surface area (Å²) < 4.78 is 1.75. The molecule has 3 nitrogen and oxygen atoms in total. The second-order valence-electron chi connectivity index (χ2n) is 3.59. The lowest BCUT2D eigenvalue weighted by Crippen LogP contribution is -2.10. The fraction of sp³-hybridized carbons (Fsp3) is 0.273. The van der Waals surface area contributed by atoms with E-state index in [0.717, 1.165) is 14.7 Å². The van der Waals surface area contributed by atoms with Gasteiger partial charge in [-0.1, -0.05) is 22.9 Å². The third kappa shape index (κ3) is 3.35. The first kappa shape index (κ1) is 14.1. The molecule has 1 N–H and O–H groups in total. The molecule has 0 bridgehead atoms. The van der Waals surface area contributed by atoms with Gasteiger partial charge >= 0.3 is 0 Å². The summed E-state index contributed by atoms with van der Waals surface area (Å²) in [5, 5.41) is 3.97. The lowest BCUT2D eigenvalue weighted by molar-refractivity contribution is -0.116. The highest BCUT2D eigenvalue weighted by molar-refractivity contribution is 9.10. The number of hydrogen-bond donors (Lipinski definition) is 1. The van der Waals surface area contributed by atoms with Crippen LogP contribution >= 0.6 is 50.5 Å². The van der Waals surface area contributed by atoms with Gasteiger partial charge in [-0.3, -0.25) is 4.79 Å². The van der Waals surface area contributed by atoms with E-state index in [1.54, 1.807) is 6.07 Å². The van der Waals surface area contributed by atoms with Gasteiger partial charge in [0, 0.05) is 21.8 Å². The zero-order chi connectivity index (χ0) is 13.1. The number of carbonyl (C=O) groups excluding carboxylic acids is 1. The summed E-state index contributed by atoms with van der Waals surface area (Å²) in [6.07, 6.45) is 1.06. The molecule has 0 spiro atoms. The lowest BCUT2D eigenvalue weighted by Gasteiger charge is -1.98. The predicted molar refractivity (Wildman–Crippen MR) is 80.9 cm³/mol. The van der Waals surface area contributed by atoms with Crippen LogP contribution in [0.3, 0.4) is 0 Å². The van der Waals surface area contributed by atoms with Crippen molar-refractivity contribution >= 4 is 71.7 Å². The minimum absolute atomic E-state index is 0.0723. The predicted octanol–water partition coefficient (Wildman–Crippen LogP) is 4.67. The van der Waals surface area contributed by atoms with Gasteiger partial charge in [0.15, 0.2) is 5.13 Å². The van der Waals surface area contributed by atoms with Gasteiger partial charge in [-0.25, -0.2) is 4.98 Å². The normalized spacial score (nSPS) is 10.8. The topological polar surface area (TPSA) is 42.0 Å². The minimum atomic E-state index is -0.0723. The summed E-state index contributed by atoms with van der Waals surface area (Å²) in [4.78, 5) is 15.9. The average Bonchev–Trinajstić information content (AvgIpc) is 2.69. The van der Waals surface area contributed by atoms with Gasteiger partial charge in [0.25, 0.3) is 0 Å². The number of hydrogen-bond acceptors (Lipinski definition) is 3. The molecule has 96 valence electrons. The van der Waals surface area contributed by atoms with Crippen LogP contribution in [0.15, 0.2) is 16.6 Å². The molecule has 0 unspecified atom stereocenters. The molecule has 0 radical (unpaired) electrons. The van der Waals surface area contributed by atoms with Crippen molar-refractivity contribution < 1.29 is 4.79 Å². The van der Waals surface area contributed by atoms with Gasteiger partial charge in [-0.05, 0) is 34.5 Å². The molecule has 0 aliphatic heterocycles. The van der Waals surface area contributed by atoms with Crippen molar-refractivity contribution in [2.45, 2.75) is 12.8 Å². The van der Waals surface area contributed by atoms with Gasteiger partial charge in [-0.15, -0.1) is 11.6 Å². The van der Waals surface area contributed by atoms with Crippen LogP contribution in [-0.2, 0) is 4.79 Å². The van der Waals surface area contributed by atoms with E-state index in [1.165, 1.54) is 11.3 Å². The number of thiazole rings is 1. The lowest BCUT2D eigenvalue weighted by atomic mass is 10.3. The molecule has 0 saturated heterocycles. The number of nitrogens with zero attached hydrogens (tertiary/aromatic N) is 1. The maximum atomic E-state index is 11.6. The first-order chi connectivity index (χ1) is 8.60. The fourth-order valence-corrected chi connectivity index (χ4v) is 3.60. The average molecular weight is 368 g/mol. The van der Waals surface area contributed by atoms with Crippen molar-refractivity contribution in [3.63, 3.8) is 0 Å². The highest BCUT2D eigenvalue weighted by Crippen LogP contribution is 2.33. The maximum absolute atomic E-state index is 11.6. The Labute approximate surface area is 127 Å². The molecule has 0 aliphatic rings. The summed E-state index contributed by atoms with van der Waals surface area (Å²) in [6.45, 7) is 0. The van der Waals surface area contributed by atoms with Crippen molar-refractivity contribution in [2.24, 2.45) is 0 Å². The molecule has 0 aliphatic carbocycles. The number of nitrogens with one attached hydrogen (secondary N) is 1. The van der Waals surface area contributed by atoms with Crippen molar-refractivity contribution in [1.29, 1.82) is 0 Å². The van der Waals surface area contributed by atoms with Crippen LogP contribution in [-0.4, -0.2) is 16.8 Å². The molecule has 2 rings (SSSR count). The standard InChI is InChI=1S/C11H9BrCl2N2OS/c12-7-4-6(14)5-8-10(7)16-11(18-8)15-9(17)2-1-3-13/h4-5H,1-3H2,(H,15,16,17). The molecular weight excluding hydrogens is 359 g/mol. The Bertz CT molecular complexity index is 588. The van der Waals surface area contributed by atoms with Crippen LogP contribution in [0, 0.1) is 0 Å². The Morgan fingerprint density at radius 3 is 3.00 bits per heavy atom. The number of fused-ring (bicyclic) bond motifs is 1. The van der Waals surface area contributed by atoms with E-state index in [2.05, 4.69) is 26.2 Å². The zero-order valence-electron chi connectivity index (χ0n) is 9.17. The van der Waals surface area contributed by atoms with Crippen LogP contribution in [0.5, 0.6) is 0 Å². The van der Waals surface area contributed by atoms with Crippen molar-refractivity contribution in [2.75, 3.05) is 11.2 Å². The van der Waals surface area contributed by atoms with Gasteiger partial charge in [-0.2, -0.15) is 0 Å². The Balaban J connectivity index is 2.20. The Morgan fingerprint density at radius 2 is 2.28 bits per heavy atom. The highest BCUT2D eigenvalue weighted by atomic mass is 79.9. The van der Waals surface area contributed by atoms with Crippen LogP contribution in [0.2, 0.25) is 5.02 Å². The molecule has 1 heterocycles. The molecule has 18 heavy (non-hydrogen) atoms. The van der Waals surface area contributed by atoms with E-state index in [-0.39, 0.29) is 5.91 Å². The van der Waals surface area contributed by atoms with Gasteiger partial charge < -0.3 is 5.32 Å². The monoisotopic (exact) mass is 366 g/mol. The molecule has 2 aromatic rings. The minimum Gasteiger partial charge on any atom is -0.302 e. The van der Waals surface area contributed by atoms with E-state index in [4.69, 9.17) is 23.2 Å². The van der Waals surface area contributed by atoms with Crippen LogP contribution in [0.4, 0.5) is 5.13 Å². The number of alkyl halides is 1. The molecule has 0 fully saturated rings. The number of amides is 1. The quantitative estimate of drug-likeness (QED) is 0.797. The second-order valence-corrected chi connectivity index (χ2v) is 6.29. The number of rotatable bonds is 4. The Morgan fingerprint density at radius 1 is 1.50 bits per heavy atom. The number of anilines is 1. The van der Waals surface area contributed by atoms with E-state index in [1.807, 2.05) is 6.07 Å². The summed E-state index contributed by atoms with van der Waals surface area (Å²) in [7, 11) is 0. The number of carbonyl (C=O) groups is 1. The maximum Gasteiger partial charge on any atom is 0.226 e. The van der Waals surface area contributed by atoms with Crippen LogP contribution < -0.4 is 5.32 Å². The van der Waals surface area contributed by atoms with E-state index >= 15 is 0 Å². The van der Waals surface area contributed by atoms with E-state index in [0.29, 0.717) is 28.9 Å². The van der Waals surface area contributed by atoms with Gasteiger partial charge in [0.05, 0.1) is 10.2 Å². The fourth-order valence-electron chi connectivity index (χ4n) is 1.42. The molecular formula is C11H9BrCl2N2OS. The Hall–Kier alpha value is -0.360. The zero-order valence-corrected chi connectivity index (χ0v) is 13.1. The van der Waals surface area contributed by atoms with Gasteiger partial charge in [0.1, 0.15) is 0 Å². The SMILES string of the molecule is O=C(CCCCl)Nc1nc2c(Br)cc(Cl)cc2s1. The number of halogens is 3. The van der Waals surface area contributed by atoms with Gasteiger partial charge in [0.2, 0.25) is 5.91 Å². The van der Waals surface area contributed by atoms with E-state index < -0.39 is 0 Å². The summed E-state index contributed by atoms with van der Waals surface area (Å²) in [6, 6.07) is 3.61. The molecule has 1 amide bonds. The molecule has 1 aromatic carbocycles. The van der Waals surface area contributed by atoms with Crippen LogP contribution in [0.25, 0.3) is 10.2 Å². The van der Waals surface area contributed by atoms with Crippen LogP contribution in [0.1, 0.15) is 12.8 Å². The third-order valence-electron chi connectivity index (χ3n) is 2.20. The van der Waals surface area contributed by atoms with E-state index in [9.17, 15) is 4.79 Å².